The van der Waals surface area contributed by atoms with Crippen LogP contribution in [0.15, 0.2) is 36.7 Å². The molecule has 0 radical (unpaired) electrons. The number of pyridine rings is 2. The Balaban J connectivity index is 1.57. The van der Waals surface area contributed by atoms with E-state index in [-0.39, 0.29) is 11.8 Å². The van der Waals surface area contributed by atoms with Crippen LogP contribution in [0.1, 0.15) is 28.5 Å². The van der Waals surface area contributed by atoms with Gasteiger partial charge >= 0.3 is 0 Å². The number of benzene rings is 1. The number of amides is 2. The van der Waals surface area contributed by atoms with E-state index in [4.69, 9.17) is 4.98 Å². The highest BCUT2D eigenvalue weighted by Gasteiger charge is 2.26. The molecule has 9 heteroatoms. The van der Waals surface area contributed by atoms with Crippen LogP contribution < -0.4 is 5.32 Å². The third-order valence-corrected chi connectivity index (χ3v) is 6.33. The lowest BCUT2D eigenvalue weighted by Gasteiger charge is -2.30. The Kier molecular flexibility index (Phi) is 5.70. The molecule has 0 unspecified atom stereocenters. The van der Waals surface area contributed by atoms with Crippen molar-refractivity contribution < 1.29 is 9.59 Å². The lowest BCUT2D eigenvalue weighted by Crippen LogP contribution is -2.34. The summed E-state index contributed by atoms with van der Waals surface area (Å²) < 4.78 is 0. The van der Waals surface area contributed by atoms with Gasteiger partial charge in [0, 0.05) is 61.2 Å². The van der Waals surface area contributed by atoms with Crippen molar-refractivity contribution in [3.63, 3.8) is 0 Å². The first-order valence-electron chi connectivity index (χ1n) is 11.3. The van der Waals surface area contributed by atoms with Crippen LogP contribution in [0.3, 0.4) is 0 Å². The van der Waals surface area contributed by atoms with E-state index in [1.54, 1.807) is 19.2 Å². The lowest BCUT2D eigenvalue weighted by atomic mass is 9.91. The Hall–Kier alpha value is -3.85. The number of hydrogen-bond donors (Lipinski definition) is 2. The molecule has 3 aromatic heterocycles. The molecule has 0 saturated carbocycles. The van der Waals surface area contributed by atoms with Crippen molar-refractivity contribution in [2.75, 3.05) is 33.7 Å². The van der Waals surface area contributed by atoms with Gasteiger partial charge in [0.25, 0.3) is 5.91 Å². The molecule has 1 aliphatic rings. The zero-order valence-electron chi connectivity index (χ0n) is 19.6. The van der Waals surface area contributed by atoms with Crippen molar-refractivity contribution in [2.45, 2.75) is 19.9 Å². The van der Waals surface area contributed by atoms with Gasteiger partial charge in [-0.1, -0.05) is 0 Å². The van der Waals surface area contributed by atoms with Gasteiger partial charge in [-0.25, -0.2) is 4.98 Å². The summed E-state index contributed by atoms with van der Waals surface area (Å²) in [6, 6.07) is 7.59. The first-order valence-corrected chi connectivity index (χ1v) is 11.3. The van der Waals surface area contributed by atoms with Gasteiger partial charge in [0.2, 0.25) is 5.91 Å². The van der Waals surface area contributed by atoms with E-state index in [1.165, 1.54) is 5.56 Å². The largest absolute Gasteiger partial charge is 0.349 e. The summed E-state index contributed by atoms with van der Waals surface area (Å²) >= 11 is 0. The highest BCUT2D eigenvalue weighted by molar-refractivity contribution is 6.07. The van der Waals surface area contributed by atoms with Crippen LogP contribution in [0, 0.1) is 0 Å². The van der Waals surface area contributed by atoms with Crippen molar-refractivity contribution in [3.8, 4) is 11.3 Å². The quantitative estimate of drug-likeness (QED) is 0.477. The average molecular weight is 458 g/mol. The number of rotatable bonds is 5. The summed E-state index contributed by atoms with van der Waals surface area (Å²) in [6.45, 7) is 4.06. The third kappa shape index (κ3) is 3.99. The monoisotopic (exact) mass is 457 g/mol. The van der Waals surface area contributed by atoms with Gasteiger partial charge in [-0.05, 0) is 50.3 Å². The zero-order valence-corrected chi connectivity index (χ0v) is 19.6. The fourth-order valence-corrected chi connectivity index (χ4v) is 4.52. The molecule has 0 saturated heterocycles. The number of carbonyl (C=O) groups excluding carboxylic acids is 2. The molecule has 2 N–H and O–H groups in total. The van der Waals surface area contributed by atoms with Crippen LogP contribution in [0.5, 0.6) is 0 Å². The second-order valence-corrected chi connectivity index (χ2v) is 8.89. The van der Waals surface area contributed by atoms with Crippen molar-refractivity contribution in [2.24, 2.45) is 0 Å². The normalized spacial score (nSPS) is 13.5. The Labute approximate surface area is 197 Å². The molecule has 1 aromatic carbocycles. The van der Waals surface area contributed by atoms with E-state index < -0.39 is 0 Å². The number of H-pyrrole nitrogens is 1. The molecule has 5 rings (SSSR count). The number of carbonyl (C=O) groups is 2. The standard InChI is InChI=1S/C25H27N7O2/c1-15(33)32-10-8-17-19(14-32)24(29-21-7-6-20-18(23(17)21)13-28-30-20)16-4-5-22(27-12-16)25(34)26-9-11-31(2)3/h4-7,12-13H,8-11,14H2,1-3H3,(H,26,34)(H,28,30). The Morgan fingerprint density at radius 1 is 1.15 bits per heavy atom. The van der Waals surface area contributed by atoms with Crippen LogP contribution in [-0.4, -0.2) is 75.5 Å². The second kappa shape index (κ2) is 8.83. The van der Waals surface area contributed by atoms with Crippen LogP contribution in [0.2, 0.25) is 0 Å². The minimum absolute atomic E-state index is 0.0427. The summed E-state index contributed by atoms with van der Waals surface area (Å²) in [5.41, 5.74) is 6.03. The molecule has 1 aliphatic heterocycles. The van der Waals surface area contributed by atoms with E-state index in [1.807, 2.05) is 48.3 Å². The van der Waals surface area contributed by atoms with Crippen LogP contribution in [0.25, 0.3) is 33.1 Å². The average Bonchev–Trinajstić information content (AvgIpc) is 3.32. The van der Waals surface area contributed by atoms with Gasteiger partial charge < -0.3 is 15.1 Å². The van der Waals surface area contributed by atoms with Crippen molar-refractivity contribution >= 4 is 33.6 Å². The molecule has 34 heavy (non-hydrogen) atoms. The lowest BCUT2D eigenvalue weighted by molar-refractivity contribution is -0.129. The fourth-order valence-electron chi connectivity index (χ4n) is 4.52. The highest BCUT2D eigenvalue weighted by Crippen LogP contribution is 2.36. The molecule has 2 amide bonds. The van der Waals surface area contributed by atoms with E-state index in [9.17, 15) is 9.59 Å². The molecule has 0 atom stereocenters. The topological polar surface area (TPSA) is 107 Å². The maximum atomic E-state index is 12.4. The molecule has 0 spiro atoms. The number of aromatic amines is 1. The molecular formula is C25H27N7O2. The molecule has 0 bridgehead atoms. The van der Waals surface area contributed by atoms with Gasteiger partial charge in [-0.2, -0.15) is 5.10 Å². The number of aromatic nitrogens is 4. The Bertz CT molecular complexity index is 1390. The van der Waals surface area contributed by atoms with E-state index >= 15 is 0 Å². The minimum Gasteiger partial charge on any atom is -0.349 e. The maximum absolute atomic E-state index is 12.4. The SMILES string of the molecule is CC(=O)N1CCc2c(c(-c3ccc(C(=O)NCCN(C)C)nc3)nc3ccc4[nH]ncc4c23)C1. The first-order chi connectivity index (χ1) is 16.4. The zero-order chi connectivity index (χ0) is 23.8. The summed E-state index contributed by atoms with van der Waals surface area (Å²) in [4.78, 5) is 37.9. The molecular weight excluding hydrogens is 430 g/mol. The highest BCUT2D eigenvalue weighted by atomic mass is 16.2. The Morgan fingerprint density at radius 3 is 2.74 bits per heavy atom. The van der Waals surface area contributed by atoms with E-state index in [0.717, 1.165) is 51.6 Å². The maximum Gasteiger partial charge on any atom is 0.269 e. The van der Waals surface area contributed by atoms with Crippen molar-refractivity contribution in [1.82, 2.24) is 35.3 Å². The predicted octanol–water partition coefficient (Wildman–Crippen LogP) is 2.37. The van der Waals surface area contributed by atoms with Crippen LogP contribution in [-0.2, 0) is 17.8 Å². The van der Waals surface area contributed by atoms with Crippen molar-refractivity contribution in [1.29, 1.82) is 0 Å². The van der Waals surface area contributed by atoms with E-state index in [0.29, 0.717) is 25.3 Å². The Morgan fingerprint density at radius 2 is 2.00 bits per heavy atom. The first kappa shape index (κ1) is 22.0. The van der Waals surface area contributed by atoms with Gasteiger partial charge in [0.15, 0.2) is 0 Å². The fraction of sp³-hybridized carbons (Fsp3) is 0.320. The number of hydrogen-bond acceptors (Lipinski definition) is 6. The number of nitrogens with one attached hydrogen (secondary N) is 2. The molecule has 0 fully saturated rings. The predicted molar refractivity (Wildman–Crippen MR) is 130 cm³/mol. The number of fused-ring (bicyclic) bond motifs is 5. The molecule has 4 heterocycles. The number of likely N-dealkylation sites (N-methyl/N-ethyl adjacent to an activating group) is 1. The van der Waals surface area contributed by atoms with Crippen molar-refractivity contribution in [3.05, 3.63) is 53.5 Å². The van der Waals surface area contributed by atoms with E-state index in [2.05, 4.69) is 20.5 Å². The summed E-state index contributed by atoms with van der Waals surface area (Å²) in [5, 5.41) is 12.2. The smallest absolute Gasteiger partial charge is 0.269 e. The molecule has 4 aromatic rings. The van der Waals surface area contributed by atoms with Crippen LogP contribution >= 0.6 is 0 Å². The van der Waals surface area contributed by atoms with Gasteiger partial charge in [0.1, 0.15) is 5.69 Å². The third-order valence-electron chi connectivity index (χ3n) is 6.33. The summed E-state index contributed by atoms with van der Waals surface area (Å²) in [7, 11) is 3.92. The summed E-state index contributed by atoms with van der Waals surface area (Å²) in [6.07, 6.45) is 4.27. The minimum atomic E-state index is -0.202. The molecule has 0 aliphatic carbocycles. The van der Waals surface area contributed by atoms with Gasteiger partial charge in [0.05, 0.1) is 22.9 Å². The van der Waals surface area contributed by atoms with Crippen LogP contribution in [0.4, 0.5) is 0 Å². The summed E-state index contributed by atoms with van der Waals surface area (Å²) in [5.74, 6) is -0.159. The number of nitrogens with zero attached hydrogens (tertiary/aromatic N) is 5. The molecule has 174 valence electrons. The second-order valence-electron chi connectivity index (χ2n) is 8.89. The van der Waals surface area contributed by atoms with Gasteiger partial charge in [-0.3, -0.25) is 19.7 Å². The molecule has 9 nitrogen and oxygen atoms in total. The van der Waals surface area contributed by atoms with Gasteiger partial charge in [-0.15, -0.1) is 0 Å².